The fourth-order valence-corrected chi connectivity index (χ4v) is 5.43. The zero-order valence-electron chi connectivity index (χ0n) is 20.7. The first-order chi connectivity index (χ1) is 16.4. The van der Waals surface area contributed by atoms with Gasteiger partial charge >= 0.3 is 0 Å². The zero-order chi connectivity index (χ0) is 24.2. The largest absolute Gasteiger partial charge is 0.472 e. The highest BCUT2D eigenvalue weighted by Crippen LogP contribution is 2.36. The van der Waals surface area contributed by atoms with Crippen molar-refractivity contribution in [3.63, 3.8) is 0 Å². The normalized spacial score (nSPS) is 25.3. The standard InChI is InChI=1S/C26H39N3O5/c1-17-14-29(18(2)16-30)26(32)22-12-21(19-6-4-5-7-19)13-27-24(22)34-23(17)15-28(3)25(31)20-8-10-33-11-9-20/h12-13,17-20,23,30H,4-11,14-16H2,1-3H3/t17-,18+,23-/m1/s1. The maximum atomic E-state index is 13.6. The Balaban J connectivity index is 1.60. The van der Waals surface area contributed by atoms with E-state index in [-0.39, 0.29) is 42.4 Å². The molecule has 2 aliphatic heterocycles. The number of ether oxygens (including phenoxy) is 2. The van der Waals surface area contributed by atoms with Gasteiger partial charge in [-0.2, -0.15) is 0 Å². The number of fused-ring (bicyclic) bond motifs is 1. The number of aromatic nitrogens is 1. The van der Waals surface area contributed by atoms with Gasteiger partial charge in [0.25, 0.3) is 5.91 Å². The summed E-state index contributed by atoms with van der Waals surface area (Å²) in [4.78, 5) is 34.7. The monoisotopic (exact) mass is 473 g/mol. The topological polar surface area (TPSA) is 92.2 Å². The van der Waals surface area contributed by atoms with E-state index in [1.54, 1.807) is 9.80 Å². The Hall–Kier alpha value is -2.19. The van der Waals surface area contributed by atoms with Crippen LogP contribution in [0, 0.1) is 11.8 Å². The average molecular weight is 474 g/mol. The van der Waals surface area contributed by atoms with Gasteiger partial charge in [0.2, 0.25) is 11.8 Å². The van der Waals surface area contributed by atoms with E-state index in [0.29, 0.717) is 43.7 Å². The van der Waals surface area contributed by atoms with Crippen molar-refractivity contribution in [2.24, 2.45) is 11.8 Å². The van der Waals surface area contributed by atoms with Gasteiger partial charge in [0.1, 0.15) is 11.7 Å². The van der Waals surface area contributed by atoms with Crippen molar-refractivity contribution in [3.05, 3.63) is 23.4 Å². The molecular formula is C26H39N3O5. The second kappa shape index (κ2) is 11.0. The molecule has 2 fully saturated rings. The predicted molar refractivity (Wildman–Crippen MR) is 128 cm³/mol. The SMILES string of the molecule is C[C@@H]1CN([C@@H](C)CO)C(=O)c2cc(C3CCCC3)cnc2O[C@@H]1CN(C)C(=O)C1CCOCC1. The quantitative estimate of drug-likeness (QED) is 0.683. The van der Waals surface area contributed by atoms with Crippen LogP contribution in [0.5, 0.6) is 5.88 Å². The number of pyridine rings is 1. The maximum absolute atomic E-state index is 13.6. The van der Waals surface area contributed by atoms with Gasteiger partial charge in [-0.1, -0.05) is 19.8 Å². The van der Waals surface area contributed by atoms with Gasteiger partial charge in [-0.15, -0.1) is 0 Å². The van der Waals surface area contributed by atoms with Crippen LogP contribution in [0.15, 0.2) is 12.3 Å². The molecule has 4 rings (SSSR count). The summed E-state index contributed by atoms with van der Waals surface area (Å²) in [7, 11) is 1.82. The van der Waals surface area contributed by atoms with Crippen molar-refractivity contribution >= 4 is 11.8 Å². The van der Waals surface area contributed by atoms with E-state index >= 15 is 0 Å². The minimum absolute atomic E-state index is 0.0190. The van der Waals surface area contributed by atoms with E-state index in [0.717, 1.165) is 31.2 Å². The second-order valence-electron chi connectivity index (χ2n) is 10.3. The van der Waals surface area contributed by atoms with Gasteiger partial charge < -0.3 is 24.4 Å². The molecule has 34 heavy (non-hydrogen) atoms. The van der Waals surface area contributed by atoms with E-state index in [2.05, 4.69) is 4.98 Å². The Morgan fingerprint density at radius 1 is 1.26 bits per heavy atom. The van der Waals surface area contributed by atoms with Crippen molar-refractivity contribution in [3.8, 4) is 5.88 Å². The molecule has 1 aromatic heterocycles. The van der Waals surface area contributed by atoms with Crippen molar-refractivity contribution in [1.82, 2.24) is 14.8 Å². The molecule has 188 valence electrons. The van der Waals surface area contributed by atoms with Crippen molar-refractivity contribution in [1.29, 1.82) is 0 Å². The summed E-state index contributed by atoms with van der Waals surface area (Å²) >= 11 is 0. The molecule has 3 heterocycles. The summed E-state index contributed by atoms with van der Waals surface area (Å²) in [5.74, 6) is 0.647. The highest BCUT2D eigenvalue weighted by atomic mass is 16.5. The third-order valence-corrected chi connectivity index (χ3v) is 7.77. The number of carbonyl (C=O) groups is 2. The zero-order valence-corrected chi connectivity index (χ0v) is 20.7. The number of likely N-dealkylation sites (N-methyl/N-ethyl adjacent to an activating group) is 1. The van der Waals surface area contributed by atoms with E-state index < -0.39 is 0 Å². The van der Waals surface area contributed by atoms with Crippen LogP contribution >= 0.6 is 0 Å². The molecule has 1 aromatic rings. The molecule has 8 heteroatoms. The average Bonchev–Trinajstić information content (AvgIpc) is 3.40. The Labute approximate surface area is 202 Å². The van der Waals surface area contributed by atoms with Crippen LogP contribution in [0.2, 0.25) is 0 Å². The van der Waals surface area contributed by atoms with Crippen LogP contribution in [0.1, 0.15) is 74.2 Å². The van der Waals surface area contributed by atoms with Crippen LogP contribution in [0.3, 0.4) is 0 Å². The van der Waals surface area contributed by atoms with Crippen LogP contribution in [0.25, 0.3) is 0 Å². The van der Waals surface area contributed by atoms with Gasteiger partial charge in [-0.3, -0.25) is 9.59 Å². The number of aliphatic hydroxyl groups excluding tert-OH is 1. The van der Waals surface area contributed by atoms with Crippen molar-refractivity contribution in [2.45, 2.75) is 70.4 Å². The summed E-state index contributed by atoms with van der Waals surface area (Å²) in [6.07, 6.45) is 7.65. The number of amides is 2. The highest BCUT2D eigenvalue weighted by Gasteiger charge is 2.36. The summed E-state index contributed by atoms with van der Waals surface area (Å²) in [5.41, 5.74) is 1.54. The molecule has 1 aliphatic carbocycles. The molecule has 8 nitrogen and oxygen atoms in total. The van der Waals surface area contributed by atoms with Gasteiger partial charge in [0.15, 0.2) is 0 Å². The Morgan fingerprint density at radius 3 is 2.65 bits per heavy atom. The number of aliphatic hydroxyl groups is 1. The fraction of sp³-hybridized carbons (Fsp3) is 0.731. The third kappa shape index (κ3) is 5.38. The van der Waals surface area contributed by atoms with Gasteiger partial charge in [-0.25, -0.2) is 4.98 Å². The van der Waals surface area contributed by atoms with Gasteiger partial charge in [0, 0.05) is 44.8 Å². The third-order valence-electron chi connectivity index (χ3n) is 7.77. The first-order valence-corrected chi connectivity index (χ1v) is 12.8. The molecule has 1 saturated heterocycles. The minimum atomic E-state index is -0.321. The van der Waals surface area contributed by atoms with Crippen molar-refractivity contribution in [2.75, 3.05) is 40.0 Å². The lowest BCUT2D eigenvalue weighted by Gasteiger charge is -2.38. The van der Waals surface area contributed by atoms with Crippen LogP contribution in [0.4, 0.5) is 0 Å². The molecule has 0 unspecified atom stereocenters. The smallest absolute Gasteiger partial charge is 0.259 e. The number of rotatable bonds is 6. The second-order valence-corrected chi connectivity index (χ2v) is 10.3. The fourth-order valence-electron chi connectivity index (χ4n) is 5.43. The number of carbonyl (C=O) groups excluding carboxylic acids is 2. The van der Waals surface area contributed by atoms with Gasteiger partial charge in [0.05, 0.1) is 19.2 Å². The molecule has 0 radical (unpaired) electrons. The first-order valence-electron chi connectivity index (χ1n) is 12.8. The molecule has 2 amide bonds. The molecule has 0 spiro atoms. The lowest BCUT2D eigenvalue weighted by Crippen LogP contribution is -2.51. The Morgan fingerprint density at radius 2 is 1.97 bits per heavy atom. The van der Waals surface area contributed by atoms with Crippen LogP contribution < -0.4 is 4.74 Å². The van der Waals surface area contributed by atoms with E-state index in [4.69, 9.17) is 9.47 Å². The summed E-state index contributed by atoms with van der Waals surface area (Å²) in [6.45, 7) is 5.87. The van der Waals surface area contributed by atoms with Crippen LogP contribution in [-0.2, 0) is 9.53 Å². The summed E-state index contributed by atoms with van der Waals surface area (Å²) < 4.78 is 11.8. The molecule has 0 aromatic carbocycles. The predicted octanol–water partition coefficient (Wildman–Crippen LogP) is 2.84. The number of hydrogen-bond donors (Lipinski definition) is 1. The Bertz CT molecular complexity index is 866. The molecule has 3 aliphatic rings. The van der Waals surface area contributed by atoms with E-state index in [1.807, 2.05) is 33.2 Å². The van der Waals surface area contributed by atoms with Gasteiger partial charge in [-0.05, 0) is 50.2 Å². The summed E-state index contributed by atoms with van der Waals surface area (Å²) in [5, 5.41) is 9.85. The molecule has 1 saturated carbocycles. The minimum Gasteiger partial charge on any atom is -0.472 e. The molecule has 0 bridgehead atoms. The van der Waals surface area contributed by atoms with E-state index in [9.17, 15) is 14.7 Å². The van der Waals surface area contributed by atoms with Crippen molar-refractivity contribution < 1.29 is 24.2 Å². The Kier molecular flexibility index (Phi) is 8.09. The van der Waals surface area contributed by atoms with E-state index in [1.165, 1.54) is 12.8 Å². The first kappa shape index (κ1) is 24.9. The number of nitrogens with zero attached hydrogens (tertiary/aromatic N) is 3. The lowest BCUT2D eigenvalue weighted by molar-refractivity contribution is -0.138. The molecular weight excluding hydrogens is 434 g/mol. The van der Waals surface area contributed by atoms with Crippen LogP contribution in [-0.4, -0.2) is 83.8 Å². The summed E-state index contributed by atoms with van der Waals surface area (Å²) in [6, 6.07) is 1.63. The number of hydrogen-bond acceptors (Lipinski definition) is 6. The highest BCUT2D eigenvalue weighted by molar-refractivity contribution is 5.97. The molecule has 1 N–H and O–H groups in total. The maximum Gasteiger partial charge on any atom is 0.259 e. The molecule has 3 atom stereocenters. The lowest BCUT2D eigenvalue weighted by atomic mass is 9.95.